The van der Waals surface area contributed by atoms with E-state index < -0.39 is 15.7 Å². The molecule has 1 aliphatic rings. The van der Waals surface area contributed by atoms with E-state index >= 15 is 0 Å². The minimum atomic E-state index is -3.24. The highest BCUT2D eigenvalue weighted by Gasteiger charge is 2.23. The van der Waals surface area contributed by atoms with E-state index in [0.29, 0.717) is 19.1 Å². The number of sulfone groups is 1. The molecule has 0 heterocycles. The fourth-order valence-electron chi connectivity index (χ4n) is 2.66. The lowest BCUT2D eigenvalue weighted by molar-refractivity contribution is 0.120. The first-order chi connectivity index (χ1) is 12.6. The zero-order valence-electron chi connectivity index (χ0n) is 17.0. The van der Waals surface area contributed by atoms with Crippen molar-refractivity contribution in [2.45, 2.75) is 52.9 Å². The molecule has 4 nitrogen and oxygen atoms in total. The monoisotopic (exact) mass is 400 g/mol. The van der Waals surface area contributed by atoms with E-state index in [-0.39, 0.29) is 35.2 Å². The molecule has 0 unspecified atom stereocenters. The summed E-state index contributed by atoms with van der Waals surface area (Å²) in [6.45, 7) is 9.52. The number of ether oxygens (including phenoxy) is 2. The Morgan fingerprint density at radius 3 is 2.56 bits per heavy atom. The normalized spacial score (nSPS) is 16.3. The van der Waals surface area contributed by atoms with Gasteiger partial charge in [-0.2, -0.15) is 0 Å². The molecule has 0 N–H and O–H groups in total. The van der Waals surface area contributed by atoms with Gasteiger partial charge in [-0.3, -0.25) is 0 Å². The second-order valence-corrected chi connectivity index (χ2v) is 11.1. The molecule has 1 aromatic carbocycles. The molecule has 0 aliphatic heterocycles. The molecular formula is C21H33FO4S. The lowest BCUT2D eigenvalue weighted by Gasteiger charge is -2.18. The Morgan fingerprint density at radius 2 is 1.93 bits per heavy atom. The van der Waals surface area contributed by atoms with E-state index in [1.54, 1.807) is 12.1 Å². The molecule has 1 saturated carbocycles. The van der Waals surface area contributed by atoms with Crippen LogP contribution in [0.5, 0.6) is 5.75 Å². The molecule has 1 atom stereocenters. The predicted octanol–water partition coefficient (Wildman–Crippen LogP) is 4.59. The van der Waals surface area contributed by atoms with E-state index in [0.717, 1.165) is 24.8 Å². The highest BCUT2D eigenvalue weighted by atomic mass is 32.2. The van der Waals surface area contributed by atoms with E-state index in [1.807, 2.05) is 6.92 Å². The van der Waals surface area contributed by atoms with Crippen LogP contribution in [0, 0.1) is 17.2 Å². The molecule has 0 radical (unpaired) electrons. The number of hydrogen-bond donors (Lipinski definition) is 0. The Bertz CT molecular complexity index is 705. The SMILES string of the molecule is C[C@@H](CS(=O)(=O)CCOCCC(C)(C)C)c1ccc(F)c(OCC2CC2)c1. The minimum absolute atomic E-state index is 0.00765. The van der Waals surface area contributed by atoms with Crippen LogP contribution in [0.4, 0.5) is 4.39 Å². The lowest BCUT2D eigenvalue weighted by atomic mass is 9.93. The first-order valence-electron chi connectivity index (χ1n) is 9.76. The molecule has 154 valence electrons. The van der Waals surface area contributed by atoms with E-state index in [1.165, 1.54) is 6.07 Å². The molecule has 27 heavy (non-hydrogen) atoms. The van der Waals surface area contributed by atoms with E-state index in [9.17, 15) is 12.8 Å². The van der Waals surface area contributed by atoms with Crippen LogP contribution in [-0.2, 0) is 14.6 Å². The fraction of sp³-hybridized carbons (Fsp3) is 0.714. The van der Waals surface area contributed by atoms with Gasteiger partial charge in [0.15, 0.2) is 21.4 Å². The van der Waals surface area contributed by atoms with Gasteiger partial charge in [-0.15, -0.1) is 0 Å². The quantitative estimate of drug-likeness (QED) is 0.510. The van der Waals surface area contributed by atoms with Crippen LogP contribution in [0.15, 0.2) is 18.2 Å². The summed E-state index contributed by atoms with van der Waals surface area (Å²) in [4.78, 5) is 0. The molecule has 0 saturated heterocycles. The van der Waals surface area contributed by atoms with Crippen LogP contribution in [0.3, 0.4) is 0 Å². The maximum absolute atomic E-state index is 13.9. The van der Waals surface area contributed by atoms with Crippen LogP contribution in [-0.4, -0.2) is 39.7 Å². The first kappa shape index (κ1) is 22.2. The summed E-state index contributed by atoms with van der Waals surface area (Å²) in [6.07, 6.45) is 3.16. The van der Waals surface area contributed by atoms with Crippen LogP contribution in [0.2, 0.25) is 0 Å². The zero-order chi connectivity index (χ0) is 20.1. The highest BCUT2D eigenvalue weighted by Crippen LogP contribution is 2.31. The van der Waals surface area contributed by atoms with Gasteiger partial charge in [0.05, 0.1) is 24.7 Å². The van der Waals surface area contributed by atoms with Gasteiger partial charge in [-0.05, 0) is 54.2 Å². The summed E-state index contributed by atoms with van der Waals surface area (Å²) in [7, 11) is -3.24. The van der Waals surface area contributed by atoms with Gasteiger partial charge >= 0.3 is 0 Å². The lowest BCUT2D eigenvalue weighted by Crippen LogP contribution is -2.20. The predicted molar refractivity (Wildman–Crippen MR) is 107 cm³/mol. The standard InChI is InChI=1S/C21H33FO4S/c1-16(15-27(23,24)12-11-25-10-9-21(2,3)4)18-7-8-19(22)20(13-18)26-14-17-5-6-17/h7-8,13,16-17H,5-6,9-12,14-15H2,1-4H3/t16-/m0/s1. The fourth-order valence-corrected chi connectivity index (χ4v) is 4.15. The van der Waals surface area contributed by atoms with Gasteiger partial charge in [0.25, 0.3) is 0 Å². The van der Waals surface area contributed by atoms with Crippen molar-refractivity contribution >= 4 is 9.84 Å². The highest BCUT2D eigenvalue weighted by molar-refractivity contribution is 7.91. The van der Waals surface area contributed by atoms with Gasteiger partial charge in [-0.25, -0.2) is 12.8 Å². The smallest absolute Gasteiger partial charge is 0.165 e. The van der Waals surface area contributed by atoms with Crippen LogP contribution >= 0.6 is 0 Å². The summed E-state index contributed by atoms with van der Waals surface area (Å²) in [5, 5.41) is 0. The van der Waals surface area contributed by atoms with Gasteiger partial charge in [-0.1, -0.05) is 33.8 Å². The topological polar surface area (TPSA) is 52.6 Å². The van der Waals surface area contributed by atoms with Crippen LogP contribution in [0.1, 0.15) is 58.4 Å². The Balaban J connectivity index is 1.83. The Hall–Kier alpha value is -1.14. The summed E-state index contributed by atoms with van der Waals surface area (Å²) in [5.74, 6) is 0.144. The second-order valence-electron chi connectivity index (χ2n) is 8.88. The minimum Gasteiger partial charge on any atom is -0.490 e. The number of hydrogen-bond acceptors (Lipinski definition) is 4. The summed E-state index contributed by atoms with van der Waals surface area (Å²) in [6, 6.07) is 4.63. The van der Waals surface area contributed by atoms with Crippen molar-refractivity contribution in [3.63, 3.8) is 0 Å². The molecule has 6 heteroatoms. The maximum Gasteiger partial charge on any atom is 0.165 e. The van der Waals surface area contributed by atoms with Crippen molar-refractivity contribution < 1.29 is 22.3 Å². The van der Waals surface area contributed by atoms with Crippen LogP contribution in [0.25, 0.3) is 0 Å². The number of halogens is 1. The largest absolute Gasteiger partial charge is 0.490 e. The average Bonchev–Trinajstić information content (AvgIpc) is 3.36. The third kappa shape index (κ3) is 8.60. The molecule has 0 bridgehead atoms. The van der Waals surface area contributed by atoms with Crippen molar-refractivity contribution in [1.82, 2.24) is 0 Å². The molecular weight excluding hydrogens is 367 g/mol. The van der Waals surface area contributed by atoms with E-state index in [4.69, 9.17) is 9.47 Å². The maximum atomic E-state index is 13.9. The van der Waals surface area contributed by atoms with E-state index in [2.05, 4.69) is 20.8 Å². The number of benzene rings is 1. The van der Waals surface area contributed by atoms with Crippen molar-refractivity contribution in [1.29, 1.82) is 0 Å². The zero-order valence-corrected chi connectivity index (χ0v) is 17.8. The molecule has 2 rings (SSSR count). The summed E-state index contributed by atoms with van der Waals surface area (Å²) < 4.78 is 49.7. The van der Waals surface area contributed by atoms with Gasteiger partial charge in [0, 0.05) is 6.61 Å². The van der Waals surface area contributed by atoms with Gasteiger partial charge < -0.3 is 9.47 Å². The molecule has 1 fully saturated rings. The third-order valence-corrected chi connectivity index (χ3v) is 6.53. The molecule has 0 aromatic heterocycles. The van der Waals surface area contributed by atoms with Gasteiger partial charge in [0.2, 0.25) is 0 Å². The molecule has 0 spiro atoms. The van der Waals surface area contributed by atoms with Crippen molar-refractivity contribution in [3.8, 4) is 5.75 Å². The Labute approximate surface area is 163 Å². The summed E-state index contributed by atoms with van der Waals surface area (Å²) in [5.41, 5.74) is 0.953. The van der Waals surface area contributed by atoms with Crippen molar-refractivity contribution in [3.05, 3.63) is 29.6 Å². The second kappa shape index (κ2) is 9.37. The summed E-state index contributed by atoms with van der Waals surface area (Å²) >= 11 is 0. The molecule has 0 amide bonds. The van der Waals surface area contributed by atoms with Gasteiger partial charge in [0.1, 0.15) is 0 Å². The van der Waals surface area contributed by atoms with Crippen molar-refractivity contribution in [2.24, 2.45) is 11.3 Å². The van der Waals surface area contributed by atoms with Crippen LogP contribution < -0.4 is 4.74 Å². The molecule has 1 aromatic rings. The first-order valence-corrected chi connectivity index (χ1v) is 11.6. The third-order valence-electron chi connectivity index (χ3n) is 4.73. The number of rotatable bonds is 11. The Morgan fingerprint density at radius 1 is 1.22 bits per heavy atom. The molecule has 1 aliphatic carbocycles. The van der Waals surface area contributed by atoms with Crippen molar-refractivity contribution in [2.75, 3.05) is 31.3 Å². The average molecular weight is 401 g/mol. The Kier molecular flexibility index (Phi) is 7.69.